The number of benzene rings is 1. The number of aryl methyl sites for hydroxylation is 1. The van der Waals surface area contributed by atoms with Gasteiger partial charge in [-0.2, -0.15) is 13.2 Å². The predicted octanol–water partition coefficient (Wildman–Crippen LogP) is 3.70. The van der Waals surface area contributed by atoms with Gasteiger partial charge in [0.1, 0.15) is 5.82 Å². The number of nitrogens with zero attached hydrogens (tertiary/aromatic N) is 2. The minimum atomic E-state index is -5.42. The van der Waals surface area contributed by atoms with E-state index in [1.165, 1.54) is 0 Å². The summed E-state index contributed by atoms with van der Waals surface area (Å²) in [5, 5.41) is 2.61. The van der Waals surface area contributed by atoms with Crippen LogP contribution in [0.25, 0.3) is 0 Å². The van der Waals surface area contributed by atoms with Gasteiger partial charge < -0.3 is 10.2 Å². The second-order valence-electron chi connectivity index (χ2n) is 7.04. The number of alkyl halides is 3. The van der Waals surface area contributed by atoms with Gasteiger partial charge in [-0.1, -0.05) is 19.1 Å². The van der Waals surface area contributed by atoms with Gasteiger partial charge in [0, 0.05) is 36.5 Å². The van der Waals surface area contributed by atoms with Crippen LogP contribution in [0.15, 0.2) is 59.1 Å². The van der Waals surface area contributed by atoms with Crippen molar-refractivity contribution in [3.8, 4) is 0 Å². The molecule has 6 nitrogen and oxygen atoms in total. The summed E-state index contributed by atoms with van der Waals surface area (Å²) in [6.45, 7) is 4.93. The molecule has 3 rings (SSSR count). The van der Waals surface area contributed by atoms with E-state index < -0.39 is 20.2 Å². The molecule has 0 fully saturated rings. The number of anilines is 2. The lowest BCUT2D eigenvalue weighted by molar-refractivity contribution is -0.113. The van der Waals surface area contributed by atoms with Crippen LogP contribution in [0.3, 0.4) is 0 Å². The first-order chi connectivity index (χ1) is 14.0. The number of rotatable bonds is 4. The second-order valence-corrected chi connectivity index (χ2v) is 8.98. The molecule has 1 aromatic heterocycles. The van der Waals surface area contributed by atoms with Crippen molar-refractivity contribution < 1.29 is 26.4 Å². The molecule has 0 saturated carbocycles. The SMILES string of the molecule is Cc1cccnc1N1CC=C(C(=O)Nc2ccc(S(=O)(=O)C(F)(F)F)cc2)[C@H](C)C1. The maximum atomic E-state index is 12.6. The van der Waals surface area contributed by atoms with Crippen LogP contribution in [-0.2, 0) is 14.6 Å². The van der Waals surface area contributed by atoms with Crippen molar-refractivity contribution in [2.45, 2.75) is 24.3 Å². The fourth-order valence-electron chi connectivity index (χ4n) is 3.27. The van der Waals surface area contributed by atoms with Crippen LogP contribution in [0.2, 0.25) is 0 Å². The number of pyridine rings is 1. The monoisotopic (exact) mass is 439 g/mol. The van der Waals surface area contributed by atoms with Crippen molar-refractivity contribution in [2.24, 2.45) is 5.92 Å². The summed E-state index contributed by atoms with van der Waals surface area (Å²) >= 11 is 0. The summed E-state index contributed by atoms with van der Waals surface area (Å²) in [6, 6.07) is 7.72. The van der Waals surface area contributed by atoms with E-state index in [9.17, 15) is 26.4 Å². The van der Waals surface area contributed by atoms with Gasteiger partial charge in [-0.25, -0.2) is 13.4 Å². The summed E-state index contributed by atoms with van der Waals surface area (Å²) in [5.41, 5.74) is -3.60. The van der Waals surface area contributed by atoms with Crippen molar-refractivity contribution in [1.82, 2.24) is 4.98 Å². The van der Waals surface area contributed by atoms with Crippen molar-refractivity contribution in [1.29, 1.82) is 0 Å². The lowest BCUT2D eigenvalue weighted by Crippen LogP contribution is -2.37. The van der Waals surface area contributed by atoms with E-state index in [0.717, 1.165) is 35.6 Å². The topological polar surface area (TPSA) is 79.4 Å². The van der Waals surface area contributed by atoms with E-state index in [-0.39, 0.29) is 17.5 Å². The summed E-state index contributed by atoms with van der Waals surface area (Å²) in [4.78, 5) is 18.2. The number of amides is 1. The van der Waals surface area contributed by atoms with E-state index in [2.05, 4.69) is 15.2 Å². The standard InChI is InChI=1S/C20H20F3N3O3S/c1-13-4-3-10-24-18(13)26-11-9-17(14(2)12-26)19(27)25-15-5-7-16(8-6-15)30(28,29)20(21,22)23/h3-10,14H,11-12H2,1-2H3,(H,25,27)/t14-/m1/s1. The highest BCUT2D eigenvalue weighted by Gasteiger charge is 2.46. The largest absolute Gasteiger partial charge is 0.501 e. The molecule has 0 radical (unpaired) electrons. The maximum Gasteiger partial charge on any atom is 0.501 e. The zero-order valence-corrected chi connectivity index (χ0v) is 17.1. The molecule has 2 heterocycles. The highest BCUT2D eigenvalue weighted by molar-refractivity contribution is 7.92. The molecule has 0 spiro atoms. The third kappa shape index (κ3) is 4.33. The number of sulfone groups is 1. The zero-order valence-electron chi connectivity index (χ0n) is 16.3. The molecule has 1 aliphatic heterocycles. The molecular weight excluding hydrogens is 419 g/mol. The zero-order chi connectivity index (χ0) is 22.1. The van der Waals surface area contributed by atoms with E-state index in [1.807, 2.05) is 26.0 Å². The van der Waals surface area contributed by atoms with Crippen LogP contribution in [0.1, 0.15) is 12.5 Å². The predicted molar refractivity (Wildman–Crippen MR) is 107 cm³/mol. The fraction of sp³-hybridized carbons (Fsp3) is 0.300. The second kappa shape index (κ2) is 8.10. The molecule has 30 heavy (non-hydrogen) atoms. The number of hydrogen-bond acceptors (Lipinski definition) is 5. The average molecular weight is 439 g/mol. The lowest BCUT2D eigenvalue weighted by Gasteiger charge is -2.32. The van der Waals surface area contributed by atoms with E-state index in [0.29, 0.717) is 18.7 Å². The quantitative estimate of drug-likeness (QED) is 0.786. The lowest BCUT2D eigenvalue weighted by atomic mass is 9.95. The molecule has 0 aliphatic carbocycles. The Morgan fingerprint density at radius 2 is 1.87 bits per heavy atom. The summed E-state index contributed by atoms with van der Waals surface area (Å²) < 4.78 is 60.7. The third-order valence-corrected chi connectivity index (χ3v) is 6.33. The van der Waals surface area contributed by atoms with E-state index in [4.69, 9.17) is 0 Å². The third-order valence-electron chi connectivity index (χ3n) is 4.83. The first-order valence-electron chi connectivity index (χ1n) is 9.10. The molecule has 0 bridgehead atoms. The van der Waals surface area contributed by atoms with Crippen LogP contribution in [0.5, 0.6) is 0 Å². The smallest absolute Gasteiger partial charge is 0.352 e. The van der Waals surface area contributed by atoms with Gasteiger partial charge in [-0.3, -0.25) is 4.79 Å². The number of carbonyl (C=O) groups excluding carboxylic acids is 1. The minimum Gasteiger partial charge on any atom is -0.352 e. The first kappa shape index (κ1) is 21.8. The normalized spacial score (nSPS) is 17.4. The first-order valence-corrected chi connectivity index (χ1v) is 10.6. The van der Waals surface area contributed by atoms with E-state index >= 15 is 0 Å². The Morgan fingerprint density at radius 1 is 1.20 bits per heavy atom. The van der Waals surface area contributed by atoms with Crippen molar-refractivity contribution in [2.75, 3.05) is 23.3 Å². The summed E-state index contributed by atoms with van der Waals surface area (Å²) in [6.07, 6.45) is 3.50. The van der Waals surface area contributed by atoms with Gasteiger partial charge >= 0.3 is 5.51 Å². The molecule has 1 amide bonds. The van der Waals surface area contributed by atoms with Crippen molar-refractivity contribution in [3.05, 3.63) is 59.8 Å². The van der Waals surface area contributed by atoms with Crippen LogP contribution in [0, 0.1) is 12.8 Å². The Morgan fingerprint density at radius 3 is 2.43 bits per heavy atom. The Kier molecular flexibility index (Phi) is 5.89. The molecule has 160 valence electrons. The van der Waals surface area contributed by atoms with Gasteiger partial charge in [0.25, 0.3) is 15.7 Å². The van der Waals surface area contributed by atoms with Crippen LogP contribution in [0.4, 0.5) is 24.7 Å². The van der Waals surface area contributed by atoms with Crippen molar-refractivity contribution in [3.63, 3.8) is 0 Å². The highest BCUT2D eigenvalue weighted by Crippen LogP contribution is 2.31. The Hall–Kier alpha value is -2.88. The summed E-state index contributed by atoms with van der Waals surface area (Å²) in [5.74, 6) is 0.359. The number of hydrogen-bond donors (Lipinski definition) is 1. The maximum absolute atomic E-state index is 12.6. The molecule has 1 aromatic carbocycles. The van der Waals surface area contributed by atoms with Crippen molar-refractivity contribution >= 4 is 27.2 Å². The summed E-state index contributed by atoms with van der Waals surface area (Å²) in [7, 11) is -5.42. The molecule has 0 unspecified atom stereocenters. The Labute approximate surface area is 172 Å². The van der Waals surface area contributed by atoms with Crippen LogP contribution >= 0.6 is 0 Å². The number of aromatic nitrogens is 1. The van der Waals surface area contributed by atoms with Crippen LogP contribution < -0.4 is 10.2 Å². The molecule has 10 heteroatoms. The molecule has 2 aromatic rings. The number of halogens is 3. The molecule has 1 aliphatic rings. The van der Waals surface area contributed by atoms with Gasteiger partial charge in [-0.05, 0) is 42.8 Å². The van der Waals surface area contributed by atoms with Gasteiger partial charge in [-0.15, -0.1) is 0 Å². The molecule has 1 atom stereocenters. The van der Waals surface area contributed by atoms with Gasteiger partial charge in [0.2, 0.25) is 0 Å². The minimum absolute atomic E-state index is 0.106. The van der Waals surface area contributed by atoms with Crippen LogP contribution in [-0.4, -0.2) is 37.9 Å². The van der Waals surface area contributed by atoms with Gasteiger partial charge in [0.15, 0.2) is 0 Å². The Bertz CT molecular complexity index is 1080. The average Bonchev–Trinajstić information content (AvgIpc) is 2.67. The van der Waals surface area contributed by atoms with E-state index in [1.54, 1.807) is 12.3 Å². The number of carbonyl (C=O) groups is 1. The Balaban J connectivity index is 1.71. The molecular formula is C20H20F3N3O3S. The number of nitrogens with one attached hydrogen (secondary N) is 1. The fourth-order valence-corrected chi connectivity index (χ4v) is 4.03. The molecule has 0 saturated heterocycles. The van der Waals surface area contributed by atoms with Gasteiger partial charge in [0.05, 0.1) is 4.90 Å². The highest BCUT2D eigenvalue weighted by atomic mass is 32.2. The molecule has 1 N–H and O–H groups in total.